The van der Waals surface area contributed by atoms with Crippen molar-refractivity contribution in [3.63, 3.8) is 0 Å². The molecular formula is C22H20N2O3. The van der Waals surface area contributed by atoms with Crippen LogP contribution in [-0.4, -0.2) is 23.9 Å². The molecule has 3 aromatic rings. The van der Waals surface area contributed by atoms with Gasteiger partial charge in [-0.25, -0.2) is 0 Å². The van der Waals surface area contributed by atoms with E-state index in [1.807, 2.05) is 54.6 Å². The Morgan fingerprint density at radius 2 is 1.56 bits per heavy atom. The van der Waals surface area contributed by atoms with Crippen molar-refractivity contribution in [1.29, 1.82) is 0 Å². The van der Waals surface area contributed by atoms with Crippen LogP contribution >= 0.6 is 0 Å². The lowest BCUT2D eigenvalue weighted by Crippen LogP contribution is -2.29. The molecule has 1 amide bonds. The third-order valence-electron chi connectivity index (χ3n) is 4.17. The third-order valence-corrected chi connectivity index (χ3v) is 4.17. The van der Waals surface area contributed by atoms with E-state index in [4.69, 9.17) is 4.74 Å². The molecule has 3 aromatic carbocycles. The van der Waals surface area contributed by atoms with Gasteiger partial charge in [-0.2, -0.15) is 0 Å². The average molecular weight is 360 g/mol. The number of likely N-dealkylation sites (N-methyl/N-ethyl adjacent to an activating group) is 1. The van der Waals surface area contributed by atoms with E-state index in [-0.39, 0.29) is 12.3 Å². The molecule has 0 radical (unpaired) electrons. The summed E-state index contributed by atoms with van der Waals surface area (Å²) in [5, 5.41) is 14.8. The first kappa shape index (κ1) is 18.2. The van der Waals surface area contributed by atoms with Gasteiger partial charge in [-0.1, -0.05) is 71.9 Å². The number of hydrogen-bond acceptors (Lipinski definition) is 4. The lowest BCUT2D eigenvalue weighted by molar-refractivity contribution is -0.114. The van der Waals surface area contributed by atoms with Crippen molar-refractivity contribution < 1.29 is 14.7 Å². The first-order chi connectivity index (χ1) is 13.2. The number of rotatable bonds is 6. The number of nitrogens with zero attached hydrogens (tertiary/aromatic N) is 1. The van der Waals surface area contributed by atoms with Crippen LogP contribution in [0.2, 0.25) is 0 Å². The van der Waals surface area contributed by atoms with Gasteiger partial charge in [0.25, 0.3) is 5.91 Å². The Kier molecular flexibility index (Phi) is 5.84. The highest BCUT2D eigenvalue weighted by atomic mass is 16.5. The predicted molar refractivity (Wildman–Crippen MR) is 105 cm³/mol. The Morgan fingerprint density at radius 3 is 2.22 bits per heavy atom. The predicted octanol–water partition coefficient (Wildman–Crippen LogP) is 3.86. The largest absolute Gasteiger partial charge is 0.489 e. The summed E-state index contributed by atoms with van der Waals surface area (Å²) in [5.41, 5.74) is 3.49. The molecule has 0 heterocycles. The molecule has 27 heavy (non-hydrogen) atoms. The van der Waals surface area contributed by atoms with Crippen molar-refractivity contribution in [2.45, 2.75) is 6.61 Å². The van der Waals surface area contributed by atoms with Crippen LogP contribution in [0.15, 0.2) is 84.0 Å². The molecule has 0 aliphatic heterocycles. The van der Waals surface area contributed by atoms with Gasteiger partial charge < -0.3 is 15.3 Å². The number of hydrogen-bond donors (Lipinski definition) is 2. The number of carbonyl (C=O) groups excluding carboxylic acids is 1. The van der Waals surface area contributed by atoms with E-state index >= 15 is 0 Å². The van der Waals surface area contributed by atoms with Crippen molar-refractivity contribution in [3.05, 3.63) is 90.0 Å². The van der Waals surface area contributed by atoms with Crippen LogP contribution < -0.4 is 10.1 Å². The first-order valence-corrected chi connectivity index (χ1v) is 8.53. The second kappa shape index (κ2) is 8.67. The van der Waals surface area contributed by atoms with Crippen LogP contribution in [0.25, 0.3) is 11.1 Å². The molecule has 136 valence electrons. The van der Waals surface area contributed by atoms with Crippen LogP contribution in [0.5, 0.6) is 5.75 Å². The van der Waals surface area contributed by atoms with Gasteiger partial charge in [0.15, 0.2) is 5.71 Å². The normalized spacial score (nSPS) is 11.1. The van der Waals surface area contributed by atoms with Crippen molar-refractivity contribution >= 4 is 11.6 Å². The summed E-state index contributed by atoms with van der Waals surface area (Å²) in [6.07, 6.45) is 0. The summed E-state index contributed by atoms with van der Waals surface area (Å²) in [5.74, 6) is 0.254. The summed E-state index contributed by atoms with van der Waals surface area (Å²) in [4.78, 5) is 11.9. The quantitative estimate of drug-likeness (QED) is 0.398. The minimum absolute atomic E-state index is 0.0453. The molecule has 0 fully saturated rings. The second-order valence-electron chi connectivity index (χ2n) is 5.86. The second-order valence-corrected chi connectivity index (χ2v) is 5.86. The molecule has 5 nitrogen and oxygen atoms in total. The topological polar surface area (TPSA) is 70.9 Å². The lowest BCUT2D eigenvalue weighted by atomic mass is 10.0. The zero-order valence-electron chi connectivity index (χ0n) is 14.9. The minimum Gasteiger partial charge on any atom is -0.489 e. The van der Waals surface area contributed by atoms with Gasteiger partial charge in [0.05, 0.1) is 0 Å². The maximum atomic E-state index is 11.9. The molecule has 0 saturated heterocycles. The Labute approximate surface area is 157 Å². The van der Waals surface area contributed by atoms with Gasteiger partial charge >= 0.3 is 0 Å². The van der Waals surface area contributed by atoms with E-state index < -0.39 is 5.91 Å². The Bertz CT molecular complexity index is 935. The zero-order valence-corrected chi connectivity index (χ0v) is 14.9. The van der Waals surface area contributed by atoms with Gasteiger partial charge in [0.2, 0.25) is 0 Å². The van der Waals surface area contributed by atoms with E-state index in [0.29, 0.717) is 11.3 Å². The molecule has 0 atom stereocenters. The Morgan fingerprint density at radius 1 is 0.926 bits per heavy atom. The summed E-state index contributed by atoms with van der Waals surface area (Å²) < 4.78 is 5.86. The van der Waals surface area contributed by atoms with Crippen molar-refractivity contribution in [2.24, 2.45) is 5.16 Å². The molecule has 0 saturated carbocycles. The lowest BCUT2D eigenvalue weighted by Gasteiger charge is -2.12. The number of nitrogens with one attached hydrogen (secondary N) is 1. The first-order valence-electron chi connectivity index (χ1n) is 8.53. The number of amides is 1. The summed E-state index contributed by atoms with van der Waals surface area (Å²) in [7, 11) is 1.49. The molecular weight excluding hydrogens is 340 g/mol. The minimum atomic E-state index is -0.461. The number of ether oxygens (including phenoxy) is 1. The number of carbonyl (C=O) groups is 1. The fraction of sp³-hybridized carbons (Fsp3) is 0.0909. The molecule has 0 spiro atoms. The molecule has 3 rings (SSSR count). The zero-order chi connectivity index (χ0) is 19.1. The van der Waals surface area contributed by atoms with Gasteiger partial charge in [-0.05, 0) is 28.8 Å². The van der Waals surface area contributed by atoms with E-state index in [1.165, 1.54) is 7.05 Å². The highest BCUT2D eigenvalue weighted by Crippen LogP contribution is 2.23. The van der Waals surface area contributed by atoms with Crippen molar-refractivity contribution in [2.75, 3.05) is 7.05 Å². The van der Waals surface area contributed by atoms with Crippen molar-refractivity contribution in [3.8, 4) is 16.9 Å². The molecule has 2 N–H and O–H groups in total. The van der Waals surface area contributed by atoms with Gasteiger partial charge in [-0.15, -0.1) is 0 Å². The van der Waals surface area contributed by atoms with E-state index in [2.05, 4.69) is 22.6 Å². The summed E-state index contributed by atoms with van der Waals surface area (Å²) in [6.45, 7) is 0.247. The highest BCUT2D eigenvalue weighted by molar-refractivity contribution is 6.45. The standard InChI is InChI=1S/C22H20N2O3/c1-23-22(25)21(24-26)20-10-6-5-9-18(20)15-27-19-13-11-17(12-14-19)16-7-3-2-4-8-16/h2-14,26H,15H2,1H3,(H,23,25). The Hall–Kier alpha value is -3.60. The van der Waals surface area contributed by atoms with Crippen LogP contribution in [0, 0.1) is 0 Å². The smallest absolute Gasteiger partial charge is 0.273 e. The molecule has 0 aliphatic rings. The summed E-state index contributed by atoms with van der Waals surface area (Å²) in [6, 6.07) is 25.1. The van der Waals surface area contributed by atoms with E-state index in [9.17, 15) is 10.0 Å². The van der Waals surface area contributed by atoms with Gasteiger partial charge in [0.1, 0.15) is 12.4 Å². The van der Waals surface area contributed by atoms with Crippen LogP contribution in [0.1, 0.15) is 11.1 Å². The molecule has 0 aliphatic carbocycles. The van der Waals surface area contributed by atoms with E-state index in [1.54, 1.807) is 12.1 Å². The highest BCUT2D eigenvalue weighted by Gasteiger charge is 2.17. The molecule has 5 heteroatoms. The maximum absolute atomic E-state index is 11.9. The fourth-order valence-corrected chi connectivity index (χ4v) is 2.75. The van der Waals surface area contributed by atoms with Crippen molar-refractivity contribution in [1.82, 2.24) is 5.32 Å². The molecule has 0 unspecified atom stereocenters. The summed E-state index contributed by atoms with van der Waals surface area (Å²) >= 11 is 0. The molecule has 0 aromatic heterocycles. The van der Waals surface area contributed by atoms with Crippen LogP contribution in [-0.2, 0) is 11.4 Å². The van der Waals surface area contributed by atoms with Gasteiger partial charge in [0, 0.05) is 12.6 Å². The average Bonchev–Trinajstić information content (AvgIpc) is 2.74. The number of oxime groups is 1. The van der Waals surface area contributed by atoms with Crippen LogP contribution in [0.3, 0.4) is 0 Å². The number of benzene rings is 3. The monoisotopic (exact) mass is 360 g/mol. The van der Waals surface area contributed by atoms with E-state index in [0.717, 1.165) is 16.7 Å². The maximum Gasteiger partial charge on any atom is 0.273 e. The Balaban J connectivity index is 1.75. The molecule has 0 bridgehead atoms. The van der Waals surface area contributed by atoms with Crippen LogP contribution in [0.4, 0.5) is 0 Å². The third kappa shape index (κ3) is 4.33. The van der Waals surface area contributed by atoms with Gasteiger partial charge in [-0.3, -0.25) is 4.79 Å². The fourth-order valence-electron chi connectivity index (χ4n) is 2.75. The SMILES string of the molecule is CNC(=O)C(=NO)c1ccccc1COc1ccc(-c2ccccc2)cc1.